The van der Waals surface area contributed by atoms with Crippen LogP contribution in [0.5, 0.6) is 0 Å². The number of piperazine rings is 1. The van der Waals surface area contributed by atoms with Gasteiger partial charge in [-0.2, -0.15) is 0 Å². The Hall–Kier alpha value is -0.700. The third-order valence-corrected chi connectivity index (χ3v) is 7.97. The maximum atomic E-state index is 11.3. The molecule has 8 heteroatoms. The second kappa shape index (κ2) is 5.43. The lowest BCUT2D eigenvalue weighted by molar-refractivity contribution is 0.135. The molecule has 3 fully saturated rings. The minimum atomic E-state index is -3.63. The lowest BCUT2D eigenvalue weighted by atomic mass is 9.93. The molecule has 6 nitrogen and oxygen atoms in total. The molecule has 1 aromatic rings. The molecular weight excluding hydrogens is 320 g/mol. The van der Waals surface area contributed by atoms with Gasteiger partial charge < -0.3 is 4.90 Å². The van der Waals surface area contributed by atoms with Gasteiger partial charge in [0.15, 0.2) is 9.34 Å². The summed E-state index contributed by atoms with van der Waals surface area (Å²) in [6.07, 6.45) is 7.06. The lowest BCUT2D eigenvalue weighted by Gasteiger charge is -2.40. The SMILES string of the molecule is NS(=O)(=O)c1cnc(N2CCN(C3CC4CCC3C4)CC2)s1. The summed E-state index contributed by atoms with van der Waals surface area (Å²) in [5.74, 6) is 1.90. The molecule has 2 bridgehead atoms. The van der Waals surface area contributed by atoms with E-state index < -0.39 is 10.0 Å². The topological polar surface area (TPSA) is 79.5 Å². The fourth-order valence-corrected chi connectivity index (χ4v) is 6.02. The molecule has 3 unspecified atom stereocenters. The number of aromatic nitrogens is 1. The fourth-order valence-electron chi connectivity index (χ4n) is 4.43. The average Bonchev–Trinajstić information content (AvgIpc) is 3.22. The molecule has 4 rings (SSSR count). The number of fused-ring (bicyclic) bond motifs is 2. The van der Waals surface area contributed by atoms with Crippen LogP contribution in [-0.2, 0) is 10.0 Å². The van der Waals surface area contributed by atoms with Crippen LogP contribution in [-0.4, -0.2) is 50.5 Å². The van der Waals surface area contributed by atoms with Crippen LogP contribution in [0, 0.1) is 11.8 Å². The van der Waals surface area contributed by atoms with Gasteiger partial charge in [0, 0.05) is 32.2 Å². The van der Waals surface area contributed by atoms with Crippen molar-refractivity contribution in [1.82, 2.24) is 9.88 Å². The zero-order valence-electron chi connectivity index (χ0n) is 12.5. The van der Waals surface area contributed by atoms with Gasteiger partial charge in [-0.05, 0) is 31.1 Å². The highest BCUT2D eigenvalue weighted by atomic mass is 32.2. The number of nitrogens with two attached hydrogens (primary N) is 1. The van der Waals surface area contributed by atoms with Crippen molar-refractivity contribution in [1.29, 1.82) is 0 Å². The Morgan fingerprint density at radius 2 is 1.95 bits per heavy atom. The normalized spacial score (nSPS) is 32.8. The molecule has 0 aromatic carbocycles. The van der Waals surface area contributed by atoms with Crippen molar-refractivity contribution in [2.45, 2.75) is 35.9 Å². The zero-order chi connectivity index (χ0) is 15.3. The van der Waals surface area contributed by atoms with Crippen molar-refractivity contribution < 1.29 is 8.42 Å². The summed E-state index contributed by atoms with van der Waals surface area (Å²) in [4.78, 5) is 9.06. The summed E-state index contributed by atoms with van der Waals surface area (Å²) in [5.41, 5.74) is 0. The molecule has 0 amide bonds. The predicted octanol–water partition coefficient (Wildman–Crippen LogP) is 1.10. The van der Waals surface area contributed by atoms with E-state index in [1.54, 1.807) is 0 Å². The van der Waals surface area contributed by atoms with E-state index in [0.717, 1.165) is 49.2 Å². The highest BCUT2D eigenvalue weighted by Crippen LogP contribution is 2.46. The van der Waals surface area contributed by atoms with Gasteiger partial charge in [0.1, 0.15) is 0 Å². The Morgan fingerprint density at radius 3 is 2.50 bits per heavy atom. The highest BCUT2D eigenvalue weighted by molar-refractivity contribution is 7.91. The lowest BCUT2D eigenvalue weighted by Crippen LogP contribution is -2.51. The number of sulfonamides is 1. The predicted molar refractivity (Wildman–Crippen MR) is 86.5 cm³/mol. The Balaban J connectivity index is 1.39. The molecule has 2 N–H and O–H groups in total. The van der Waals surface area contributed by atoms with Crippen molar-refractivity contribution in [3.63, 3.8) is 0 Å². The number of hydrogen-bond acceptors (Lipinski definition) is 6. The van der Waals surface area contributed by atoms with Crippen LogP contribution in [0.3, 0.4) is 0 Å². The highest BCUT2D eigenvalue weighted by Gasteiger charge is 2.42. The van der Waals surface area contributed by atoms with Crippen LogP contribution in [0.4, 0.5) is 5.13 Å². The Labute approximate surface area is 135 Å². The van der Waals surface area contributed by atoms with Crippen molar-refractivity contribution in [2.24, 2.45) is 17.0 Å². The van der Waals surface area contributed by atoms with Gasteiger partial charge in [-0.15, -0.1) is 0 Å². The average molecular weight is 342 g/mol. The van der Waals surface area contributed by atoms with Crippen LogP contribution >= 0.6 is 11.3 Å². The Morgan fingerprint density at radius 1 is 1.18 bits per heavy atom. The fraction of sp³-hybridized carbons (Fsp3) is 0.786. The second-order valence-corrected chi connectivity index (χ2v) is 9.57. The molecule has 1 aromatic heterocycles. The van der Waals surface area contributed by atoms with E-state index in [-0.39, 0.29) is 4.21 Å². The second-order valence-electron chi connectivity index (χ2n) is 6.77. The molecule has 3 atom stereocenters. The number of hydrogen-bond donors (Lipinski definition) is 1. The summed E-state index contributed by atoms with van der Waals surface area (Å²) in [7, 11) is -3.63. The first-order valence-corrected chi connectivity index (χ1v) is 10.3. The molecule has 1 aliphatic heterocycles. The number of anilines is 1. The summed E-state index contributed by atoms with van der Waals surface area (Å²) >= 11 is 1.18. The third kappa shape index (κ3) is 2.66. The van der Waals surface area contributed by atoms with Crippen LogP contribution in [0.2, 0.25) is 0 Å². The van der Waals surface area contributed by atoms with Gasteiger partial charge >= 0.3 is 0 Å². The smallest absolute Gasteiger partial charge is 0.249 e. The van der Waals surface area contributed by atoms with Gasteiger partial charge in [-0.3, -0.25) is 4.90 Å². The van der Waals surface area contributed by atoms with E-state index in [1.165, 1.54) is 43.2 Å². The third-order valence-electron chi connectivity index (χ3n) is 5.51. The van der Waals surface area contributed by atoms with Crippen LogP contribution in [0.25, 0.3) is 0 Å². The maximum absolute atomic E-state index is 11.3. The van der Waals surface area contributed by atoms with E-state index in [9.17, 15) is 8.42 Å². The molecule has 2 heterocycles. The van der Waals surface area contributed by atoms with Crippen LogP contribution < -0.4 is 10.0 Å². The van der Waals surface area contributed by atoms with Crippen molar-refractivity contribution in [3.8, 4) is 0 Å². The summed E-state index contributed by atoms with van der Waals surface area (Å²) in [6, 6.07) is 0.789. The largest absolute Gasteiger partial charge is 0.345 e. The molecule has 1 saturated heterocycles. The molecule has 22 heavy (non-hydrogen) atoms. The standard InChI is InChI=1S/C14H22N4O2S2/c15-22(19,20)13-9-16-14(21-13)18-5-3-17(4-6-18)12-8-10-1-2-11(12)7-10/h9-12H,1-8H2,(H2,15,19,20). The van der Waals surface area contributed by atoms with Gasteiger partial charge in [0.05, 0.1) is 6.20 Å². The van der Waals surface area contributed by atoms with Gasteiger partial charge in [-0.1, -0.05) is 17.8 Å². The molecule has 2 saturated carbocycles. The Kier molecular flexibility index (Phi) is 3.67. The minimum Gasteiger partial charge on any atom is -0.345 e. The molecule has 0 spiro atoms. The first-order valence-electron chi connectivity index (χ1n) is 7.98. The molecule has 3 aliphatic rings. The summed E-state index contributed by atoms with van der Waals surface area (Å²) in [5, 5.41) is 5.93. The van der Waals surface area contributed by atoms with Crippen molar-refractivity contribution in [2.75, 3.05) is 31.1 Å². The Bertz CT molecular complexity index is 652. The van der Waals surface area contributed by atoms with Gasteiger partial charge in [-0.25, -0.2) is 18.5 Å². The van der Waals surface area contributed by atoms with Crippen LogP contribution in [0.1, 0.15) is 25.7 Å². The van der Waals surface area contributed by atoms with Gasteiger partial charge in [0.25, 0.3) is 0 Å². The quantitative estimate of drug-likeness (QED) is 0.890. The molecule has 2 aliphatic carbocycles. The van der Waals surface area contributed by atoms with E-state index in [2.05, 4.69) is 14.8 Å². The van der Waals surface area contributed by atoms with E-state index >= 15 is 0 Å². The monoisotopic (exact) mass is 342 g/mol. The zero-order valence-corrected chi connectivity index (χ0v) is 14.2. The molecule has 122 valence electrons. The van der Waals surface area contributed by atoms with Crippen LogP contribution in [0.15, 0.2) is 10.4 Å². The molecular formula is C14H22N4O2S2. The van der Waals surface area contributed by atoms with E-state index in [4.69, 9.17) is 5.14 Å². The van der Waals surface area contributed by atoms with E-state index in [1.807, 2.05) is 0 Å². The maximum Gasteiger partial charge on any atom is 0.249 e. The summed E-state index contributed by atoms with van der Waals surface area (Å²) < 4.78 is 22.9. The number of thiazole rings is 1. The first-order chi connectivity index (χ1) is 10.5. The minimum absolute atomic E-state index is 0.151. The van der Waals surface area contributed by atoms with Crippen molar-refractivity contribution in [3.05, 3.63) is 6.20 Å². The van der Waals surface area contributed by atoms with E-state index in [0.29, 0.717) is 0 Å². The number of primary sulfonamides is 1. The number of nitrogens with zero attached hydrogens (tertiary/aromatic N) is 3. The summed E-state index contributed by atoms with van der Waals surface area (Å²) in [6.45, 7) is 3.95. The molecule has 0 radical (unpaired) electrons. The van der Waals surface area contributed by atoms with Gasteiger partial charge in [0.2, 0.25) is 10.0 Å². The number of rotatable bonds is 3. The first kappa shape index (κ1) is 14.9. The van der Waals surface area contributed by atoms with Crippen molar-refractivity contribution >= 4 is 26.5 Å².